The lowest BCUT2D eigenvalue weighted by molar-refractivity contribution is 0.467. The first kappa shape index (κ1) is 15.5. The van der Waals surface area contributed by atoms with E-state index in [1.54, 1.807) is 6.07 Å². The highest BCUT2D eigenvalue weighted by atomic mass is 35.5. The van der Waals surface area contributed by atoms with Crippen LogP contribution in [-0.4, -0.2) is 12.6 Å². The third-order valence-corrected chi connectivity index (χ3v) is 3.48. The van der Waals surface area contributed by atoms with Crippen molar-refractivity contribution in [1.82, 2.24) is 5.32 Å². The van der Waals surface area contributed by atoms with E-state index in [4.69, 9.17) is 11.6 Å². The first-order valence-corrected chi connectivity index (χ1v) is 7.22. The van der Waals surface area contributed by atoms with Crippen LogP contribution in [-0.2, 0) is 6.42 Å². The Morgan fingerprint density at radius 1 is 1.28 bits per heavy atom. The summed E-state index contributed by atoms with van der Waals surface area (Å²) in [5.74, 6) is -0.269. The molecule has 1 unspecified atom stereocenters. The summed E-state index contributed by atoms with van der Waals surface area (Å²) in [6.45, 7) is 5.27. The van der Waals surface area contributed by atoms with Gasteiger partial charge in [-0.25, -0.2) is 4.39 Å². The Morgan fingerprint density at radius 2 is 2.06 bits per heavy atom. The highest BCUT2D eigenvalue weighted by Gasteiger charge is 2.11. The van der Waals surface area contributed by atoms with Crippen molar-refractivity contribution >= 4 is 11.6 Å². The minimum atomic E-state index is -0.269. The smallest absolute Gasteiger partial charge is 0.124 e. The van der Waals surface area contributed by atoms with Gasteiger partial charge in [-0.1, -0.05) is 50.8 Å². The standard InChI is InChI=1S/C15H23ClFN/c1-3-5-6-7-14(18-4-2)10-12-8-9-13(17)11-15(12)16/h8-9,11,14,18H,3-7,10H2,1-2H3. The Bertz CT molecular complexity index is 354. The Balaban J connectivity index is 2.58. The maximum absolute atomic E-state index is 13.0. The summed E-state index contributed by atoms with van der Waals surface area (Å²) in [6, 6.07) is 5.11. The number of unbranched alkanes of at least 4 members (excludes halogenated alkanes) is 2. The zero-order valence-electron chi connectivity index (χ0n) is 11.3. The zero-order valence-corrected chi connectivity index (χ0v) is 12.1. The zero-order chi connectivity index (χ0) is 13.4. The fourth-order valence-electron chi connectivity index (χ4n) is 2.16. The van der Waals surface area contributed by atoms with Crippen molar-refractivity contribution in [2.75, 3.05) is 6.54 Å². The summed E-state index contributed by atoms with van der Waals surface area (Å²) in [5, 5.41) is 4.01. The van der Waals surface area contributed by atoms with Crippen LogP contribution in [0.25, 0.3) is 0 Å². The Kier molecular flexibility index (Phi) is 7.29. The number of hydrogen-bond donors (Lipinski definition) is 1. The largest absolute Gasteiger partial charge is 0.314 e. The van der Waals surface area contributed by atoms with Gasteiger partial charge in [-0.15, -0.1) is 0 Å². The molecular formula is C15H23ClFN. The first-order chi connectivity index (χ1) is 8.67. The molecule has 18 heavy (non-hydrogen) atoms. The molecule has 0 fully saturated rings. The van der Waals surface area contributed by atoms with Gasteiger partial charge in [-0.2, -0.15) is 0 Å². The van der Waals surface area contributed by atoms with Gasteiger partial charge in [0.1, 0.15) is 5.82 Å². The van der Waals surface area contributed by atoms with Crippen molar-refractivity contribution in [2.45, 2.75) is 52.0 Å². The second-order valence-electron chi connectivity index (χ2n) is 4.69. The summed E-state index contributed by atoms with van der Waals surface area (Å²) >= 11 is 6.07. The van der Waals surface area contributed by atoms with Crippen LogP contribution < -0.4 is 5.32 Å². The molecule has 0 saturated carbocycles. The van der Waals surface area contributed by atoms with Gasteiger partial charge in [-0.3, -0.25) is 0 Å². The molecule has 0 spiro atoms. The molecule has 0 saturated heterocycles. The van der Waals surface area contributed by atoms with Crippen molar-refractivity contribution in [2.24, 2.45) is 0 Å². The molecule has 0 bridgehead atoms. The van der Waals surface area contributed by atoms with Gasteiger partial charge >= 0.3 is 0 Å². The summed E-state index contributed by atoms with van der Waals surface area (Å²) in [6.07, 6.45) is 5.74. The average molecular weight is 272 g/mol. The molecule has 102 valence electrons. The van der Waals surface area contributed by atoms with E-state index in [2.05, 4.69) is 19.2 Å². The molecular weight excluding hydrogens is 249 g/mol. The lowest BCUT2D eigenvalue weighted by atomic mass is 10.0. The maximum Gasteiger partial charge on any atom is 0.124 e. The second kappa shape index (κ2) is 8.49. The van der Waals surface area contributed by atoms with E-state index >= 15 is 0 Å². The van der Waals surface area contributed by atoms with E-state index in [0.717, 1.165) is 24.9 Å². The number of likely N-dealkylation sites (N-methyl/N-ethyl adjacent to an activating group) is 1. The molecule has 3 heteroatoms. The number of nitrogens with one attached hydrogen (secondary N) is 1. The molecule has 0 aromatic heterocycles. The molecule has 0 heterocycles. The summed E-state index contributed by atoms with van der Waals surface area (Å²) in [7, 11) is 0. The van der Waals surface area contributed by atoms with Crippen LogP contribution >= 0.6 is 11.6 Å². The normalized spacial score (nSPS) is 12.7. The van der Waals surface area contributed by atoms with Crippen molar-refractivity contribution < 1.29 is 4.39 Å². The molecule has 0 amide bonds. The SMILES string of the molecule is CCCCCC(Cc1ccc(F)cc1Cl)NCC. The predicted octanol–water partition coefficient (Wildman–Crippen LogP) is 4.58. The topological polar surface area (TPSA) is 12.0 Å². The molecule has 0 aliphatic rings. The Labute approximate surface area is 115 Å². The number of hydrogen-bond acceptors (Lipinski definition) is 1. The highest BCUT2D eigenvalue weighted by molar-refractivity contribution is 6.31. The first-order valence-electron chi connectivity index (χ1n) is 6.84. The van der Waals surface area contributed by atoms with Crippen molar-refractivity contribution in [3.8, 4) is 0 Å². The van der Waals surface area contributed by atoms with Gasteiger partial charge in [0, 0.05) is 11.1 Å². The minimum absolute atomic E-state index is 0.269. The quantitative estimate of drug-likeness (QED) is 0.683. The summed E-state index contributed by atoms with van der Waals surface area (Å²) < 4.78 is 13.0. The van der Waals surface area contributed by atoms with Gasteiger partial charge in [0.2, 0.25) is 0 Å². The lowest BCUT2D eigenvalue weighted by Gasteiger charge is -2.18. The van der Waals surface area contributed by atoms with Crippen LogP contribution in [0.5, 0.6) is 0 Å². The van der Waals surface area contributed by atoms with Crippen molar-refractivity contribution in [1.29, 1.82) is 0 Å². The van der Waals surface area contributed by atoms with Crippen LogP contribution in [0.15, 0.2) is 18.2 Å². The average Bonchev–Trinajstić information content (AvgIpc) is 2.33. The Hall–Kier alpha value is -0.600. The van der Waals surface area contributed by atoms with Gasteiger partial charge in [0.15, 0.2) is 0 Å². The molecule has 0 aliphatic heterocycles. The summed E-state index contributed by atoms with van der Waals surface area (Å²) in [5.41, 5.74) is 1.03. The van der Waals surface area contributed by atoms with Crippen LogP contribution in [0.3, 0.4) is 0 Å². The maximum atomic E-state index is 13.0. The number of benzene rings is 1. The fourth-order valence-corrected chi connectivity index (χ4v) is 2.40. The molecule has 0 aliphatic carbocycles. The van der Waals surface area contributed by atoms with E-state index in [1.165, 1.54) is 31.4 Å². The van der Waals surface area contributed by atoms with Crippen LogP contribution in [0.4, 0.5) is 4.39 Å². The van der Waals surface area contributed by atoms with E-state index in [0.29, 0.717) is 11.1 Å². The van der Waals surface area contributed by atoms with Gasteiger partial charge in [0.25, 0.3) is 0 Å². The van der Waals surface area contributed by atoms with Crippen LogP contribution in [0.1, 0.15) is 45.1 Å². The molecule has 1 atom stereocenters. The molecule has 1 nitrogen and oxygen atoms in total. The lowest BCUT2D eigenvalue weighted by Crippen LogP contribution is -2.31. The van der Waals surface area contributed by atoms with E-state index in [-0.39, 0.29) is 5.82 Å². The third-order valence-electron chi connectivity index (χ3n) is 3.13. The minimum Gasteiger partial charge on any atom is -0.314 e. The number of rotatable bonds is 8. The molecule has 1 N–H and O–H groups in total. The van der Waals surface area contributed by atoms with Crippen LogP contribution in [0, 0.1) is 5.82 Å². The predicted molar refractivity (Wildman–Crippen MR) is 76.7 cm³/mol. The third kappa shape index (κ3) is 5.36. The molecule has 0 radical (unpaired) electrons. The molecule has 1 aromatic rings. The van der Waals surface area contributed by atoms with Gasteiger partial charge in [0.05, 0.1) is 0 Å². The number of halogens is 2. The van der Waals surface area contributed by atoms with Crippen molar-refractivity contribution in [3.05, 3.63) is 34.6 Å². The van der Waals surface area contributed by atoms with Crippen molar-refractivity contribution in [3.63, 3.8) is 0 Å². The highest BCUT2D eigenvalue weighted by Crippen LogP contribution is 2.20. The second-order valence-corrected chi connectivity index (χ2v) is 5.10. The van der Waals surface area contributed by atoms with Gasteiger partial charge < -0.3 is 5.32 Å². The van der Waals surface area contributed by atoms with E-state index in [9.17, 15) is 4.39 Å². The fraction of sp³-hybridized carbons (Fsp3) is 0.600. The van der Waals surface area contributed by atoms with Crippen LogP contribution in [0.2, 0.25) is 5.02 Å². The van der Waals surface area contributed by atoms with E-state index in [1.807, 2.05) is 0 Å². The molecule has 1 rings (SSSR count). The summed E-state index contributed by atoms with van der Waals surface area (Å²) in [4.78, 5) is 0. The monoisotopic (exact) mass is 271 g/mol. The Morgan fingerprint density at radius 3 is 2.67 bits per heavy atom. The van der Waals surface area contributed by atoms with E-state index < -0.39 is 0 Å². The molecule has 1 aromatic carbocycles. The van der Waals surface area contributed by atoms with Gasteiger partial charge in [-0.05, 0) is 37.1 Å².